The Kier molecular flexibility index (Phi) is 5.46. The van der Waals surface area contributed by atoms with Gasteiger partial charge in [0.25, 0.3) is 0 Å². The van der Waals surface area contributed by atoms with E-state index < -0.39 is 0 Å². The quantitative estimate of drug-likeness (QED) is 0.336. The van der Waals surface area contributed by atoms with Crippen molar-refractivity contribution in [1.82, 2.24) is 0 Å². The Bertz CT molecular complexity index is 621. The zero-order chi connectivity index (χ0) is 14.5. The first-order chi connectivity index (χ1) is 10.9. The number of hydrogen-bond acceptors (Lipinski definition) is 10. The summed E-state index contributed by atoms with van der Waals surface area (Å²) in [6.45, 7) is 0. The molecule has 0 saturated carbocycles. The van der Waals surface area contributed by atoms with Gasteiger partial charge in [-0.2, -0.15) is 0 Å². The molecule has 1 fully saturated rings. The molecule has 0 N–H and O–H groups in total. The van der Waals surface area contributed by atoms with Gasteiger partial charge < -0.3 is 0 Å². The Hall–Kier alpha value is 2.46. The molecule has 0 atom stereocenters. The van der Waals surface area contributed by atoms with Crippen LogP contribution < -0.4 is 0 Å². The molecule has 0 aromatic carbocycles. The molecule has 0 aromatic heterocycles. The van der Waals surface area contributed by atoms with E-state index in [2.05, 4.69) is 23.5 Å². The van der Waals surface area contributed by atoms with Crippen molar-refractivity contribution in [2.24, 2.45) is 0 Å². The van der Waals surface area contributed by atoms with Gasteiger partial charge in [0, 0.05) is 5.08 Å². The smallest absolute Gasteiger partial charge is 0.0718 e. The highest BCUT2D eigenvalue weighted by atomic mass is 32.3. The van der Waals surface area contributed by atoms with Gasteiger partial charge in [0.2, 0.25) is 0 Å². The first-order valence-corrected chi connectivity index (χ1v) is 15.3. The maximum atomic E-state index is 2.06. The minimum absolute atomic E-state index is 1.21. The van der Waals surface area contributed by atoms with E-state index in [9.17, 15) is 0 Å². The van der Waals surface area contributed by atoms with Crippen LogP contribution in [0.2, 0.25) is 0 Å². The van der Waals surface area contributed by atoms with Crippen LogP contribution >= 0.6 is 118 Å². The molecular weight excluding hydrogens is 465 g/mol. The highest BCUT2D eigenvalue weighted by Gasteiger charge is 2.36. The van der Waals surface area contributed by atoms with Crippen LogP contribution in [0.4, 0.5) is 0 Å². The van der Waals surface area contributed by atoms with Crippen LogP contribution in [0.5, 0.6) is 0 Å². The van der Waals surface area contributed by atoms with E-state index in [4.69, 9.17) is 0 Å². The lowest BCUT2D eigenvalue weighted by molar-refractivity contribution is 1.12. The fraction of sp³-hybridized carbons (Fsp3) is 0.333. The van der Waals surface area contributed by atoms with Crippen LogP contribution in [0.1, 0.15) is 6.42 Å². The molecule has 0 aliphatic carbocycles. The van der Waals surface area contributed by atoms with Gasteiger partial charge in [0.05, 0.1) is 33.9 Å². The Morgan fingerprint density at radius 3 is 1.32 bits per heavy atom. The second kappa shape index (κ2) is 7.23. The molecule has 0 radical (unpaired) electrons. The van der Waals surface area contributed by atoms with Gasteiger partial charge in [-0.05, 0) is 17.9 Å². The summed E-state index contributed by atoms with van der Waals surface area (Å²) in [5.41, 5.74) is 0. The summed E-state index contributed by atoms with van der Waals surface area (Å²) in [7, 11) is 0. The lowest BCUT2D eigenvalue weighted by Crippen LogP contribution is -1.92. The molecule has 1 saturated heterocycles. The molecule has 5 heterocycles. The minimum Gasteiger partial charge on any atom is -0.118 e. The summed E-state index contributed by atoms with van der Waals surface area (Å²) in [5.74, 6) is 2.60. The molecule has 10 heteroatoms. The zero-order valence-corrected chi connectivity index (χ0v) is 19.1. The topological polar surface area (TPSA) is 0 Å². The Morgan fingerprint density at radius 1 is 0.409 bits per heavy atom. The monoisotopic (exact) mass is 472 g/mol. The summed E-state index contributed by atoms with van der Waals surface area (Å²) in [6.07, 6.45) is 1.36. The number of hydrogen-bond donors (Lipinski definition) is 0. The van der Waals surface area contributed by atoms with Crippen LogP contribution in [-0.2, 0) is 0 Å². The van der Waals surface area contributed by atoms with Crippen molar-refractivity contribution in [1.29, 1.82) is 0 Å². The molecule has 0 nitrogen and oxygen atoms in total. The van der Waals surface area contributed by atoms with Crippen LogP contribution in [0.3, 0.4) is 0 Å². The third kappa shape index (κ3) is 3.24. The molecule has 0 amide bonds. The predicted molar refractivity (Wildman–Crippen MR) is 123 cm³/mol. The molecule has 0 unspecified atom stereocenters. The maximum Gasteiger partial charge on any atom is 0.0718 e. The van der Waals surface area contributed by atoms with Crippen molar-refractivity contribution in [3.63, 3.8) is 0 Å². The maximum absolute atomic E-state index is 2.06. The van der Waals surface area contributed by atoms with Gasteiger partial charge in [0.15, 0.2) is 0 Å². The molecule has 5 aliphatic heterocycles. The summed E-state index contributed by atoms with van der Waals surface area (Å²) >= 11 is 20.2. The first-order valence-electron chi connectivity index (χ1n) is 6.42. The van der Waals surface area contributed by atoms with E-state index in [-0.39, 0.29) is 0 Å². The van der Waals surface area contributed by atoms with E-state index in [1.165, 1.54) is 40.0 Å². The molecule has 22 heavy (non-hydrogen) atoms. The van der Waals surface area contributed by atoms with Crippen molar-refractivity contribution < 1.29 is 0 Å². The molecule has 0 aromatic rings. The summed E-state index contributed by atoms with van der Waals surface area (Å²) < 4.78 is 12.3. The third-order valence-electron chi connectivity index (χ3n) is 2.91. The van der Waals surface area contributed by atoms with Crippen molar-refractivity contribution >= 4 is 118 Å². The lowest BCUT2D eigenvalue weighted by atomic mass is 10.6. The number of rotatable bonds is 0. The molecule has 5 rings (SSSR count). The van der Waals surface area contributed by atoms with Crippen molar-refractivity contribution in [3.05, 3.63) is 33.9 Å². The van der Waals surface area contributed by atoms with Crippen molar-refractivity contribution in [2.45, 2.75) is 6.42 Å². The number of thioether (sulfide) groups is 10. The van der Waals surface area contributed by atoms with Gasteiger partial charge in [0.1, 0.15) is 0 Å². The van der Waals surface area contributed by atoms with E-state index >= 15 is 0 Å². The SMILES string of the molecule is C1CSC(=C2SC3=C(S2)SC(=C2SC4=C(SCS4)S2)S3)SC1. The minimum atomic E-state index is 1.21. The largest absolute Gasteiger partial charge is 0.118 e. The van der Waals surface area contributed by atoms with Crippen molar-refractivity contribution in [3.8, 4) is 0 Å². The van der Waals surface area contributed by atoms with Crippen LogP contribution in [0.15, 0.2) is 33.9 Å². The van der Waals surface area contributed by atoms with Gasteiger partial charge in [-0.3, -0.25) is 0 Å². The van der Waals surface area contributed by atoms with Crippen LogP contribution in [0, 0.1) is 0 Å². The average molecular weight is 473 g/mol. The van der Waals surface area contributed by atoms with Gasteiger partial charge in [-0.25, -0.2) is 0 Å². The van der Waals surface area contributed by atoms with E-state index in [1.807, 2.05) is 94.1 Å². The standard InChI is InChI=1S/C12H8S10/c1-2-13-5(14-3-1)8-19-11-12(20-8)22-10(21-11)9-17-6-7(18-9)16-4-15-6/h1-4H2. The first kappa shape index (κ1) is 16.6. The van der Waals surface area contributed by atoms with E-state index in [0.29, 0.717) is 0 Å². The fourth-order valence-corrected chi connectivity index (χ4v) is 18.0. The van der Waals surface area contributed by atoms with Gasteiger partial charge in [-0.15, -0.1) is 47.0 Å². The second-order valence-corrected chi connectivity index (χ2v) is 17.1. The van der Waals surface area contributed by atoms with Crippen LogP contribution in [0.25, 0.3) is 0 Å². The van der Waals surface area contributed by atoms with E-state index in [1.54, 1.807) is 16.9 Å². The molecular formula is C12H8S10. The summed E-state index contributed by atoms with van der Waals surface area (Å²) in [6, 6.07) is 0. The lowest BCUT2D eigenvalue weighted by Gasteiger charge is -2.15. The van der Waals surface area contributed by atoms with Crippen molar-refractivity contribution in [2.75, 3.05) is 16.6 Å². The van der Waals surface area contributed by atoms with Crippen LogP contribution in [-0.4, -0.2) is 16.6 Å². The highest BCUT2D eigenvalue weighted by molar-refractivity contribution is 8.51. The van der Waals surface area contributed by atoms with Gasteiger partial charge in [-0.1, -0.05) is 70.6 Å². The Labute approximate surface area is 172 Å². The normalized spacial score (nSPS) is 28.4. The Morgan fingerprint density at radius 2 is 0.818 bits per heavy atom. The summed E-state index contributed by atoms with van der Waals surface area (Å²) in [4.78, 5) is 0. The zero-order valence-electron chi connectivity index (χ0n) is 10.9. The molecule has 0 bridgehead atoms. The average Bonchev–Trinajstić information content (AvgIpc) is 3.25. The van der Waals surface area contributed by atoms with Gasteiger partial charge >= 0.3 is 0 Å². The molecule has 5 aliphatic rings. The fourth-order valence-electron chi connectivity index (χ4n) is 1.97. The third-order valence-corrected chi connectivity index (χ3v) is 17.9. The predicted octanol–water partition coefficient (Wildman–Crippen LogP) is 8.24. The highest BCUT2D eigenvalue weighted by Crippen LogP contribution is 2.72. The molecule has 0 spiro atoms. The Balaban J connectivity index is 1.29. The van der Waals surface area contributed by atoms with E-state index in [0.717, 1.165) is 0 Å². The molecule has 116 valence electrons. The second-order valence-electron chi connectivity index (χ2n) is 4.37. The summed E-state index contributed by atoms with van der Waals surface area (Å²) in [5, 5.41) is 1.21.